The molecule has 0 aliphatic carbocycles. The number of nitrogens with two attached hydrogens (primary N) is 1. The third kappa shape index (κ3) is 3.69. The Hall–Kier alpha value is -1.57. The van der Waals surface area contributed by atoms with Crippen molar-refractivity contribution in [3.05, 3.63) is 11.8 Å². The first kappa shape index (κ1) is 15.5. The van der Waals surface area contributed by atoms with E-state index in [2.05, 4.69) is 15.3 Å². The molecule has 1 heterocycles. The third-order valence-electron chi connectivity index (χ3n) is 3.08. The first-order valence-corrected chi connectivity index (χ1v) is 5.87. The summed E-state index contributed by atoms with van der Waals surface area (Å²) in [5, 5.41) is 12.2. The van der Waals surface area contributed by atoms with Crippen molar-refractivity contribution in [1.29, 1.82) is 0 Å². The highest BCUT2D eigenvalue weighted by Gasteiger charge is 2.34. The van der Waals surface area contributed by atoms with Gasteiger partial charge >= 0.3 is 6.18 Å². The van der Waals surface area contributed by atoms with E-state index in [-0.39, 0.29) is 12.4 Å². The number of anilines is 2. The quantitative estimate of drug-likeness (QED) is 0.767. The molecule has 5 nitrogen and oxygen atoms in total. The largest absolute Gasteiger partial charge is 0.433 e. The first-order chi connectivity index (χ1) is 8.76. The van der Waals surface area contributed by atoms with E-state index in [1.807, 2.05) is 13.8 Å². The molecule has 0 aliphatic heterocycles. The topological polar surface area (TPSA) is 84.1 Å². The Labute approximate surface area is 109 Å². The van der Waals surface area contributed by atoms with E-state index in [4.69, 9.17) is 5.73 Å². The van der Waals surface area contributed by atoms with Crippen molar-refractivity contribution >= 4 is 11.8 Å². The number of rotatable bonds is 5. The van der Waals surface area contributed by atoms with Gasteiger partial charge in [-0.15, -0.1) is 0 Å². The molecule has 19 heavy (non-hydrogen) atoms. The van der Waals surface area contributed by atoms with Crippen LogP contribution in [0.15, 0.2) is 6.07 Å². The predicted molar refractivity (Wildman–Crippen MR) is 65.5 cm³/mol. The summed E-state index contributed by atoms with van der Waals surface area (Å²) in [6, 6.07) is 0.784. The molecule has 0 unspecified atom stereocenters. The van der Waals surface area contributed by atoms with Crippen LogP contribution in [0.2, 0.25) is 0 Å². The van der Waals surface area contributed by atoms with Gasteiger partial charge in [-0.05, 0) is 12.8 Å². The minimum Gasteiger partial charge on any atom is -0.394 e. The number of alkyl halides is 3. The molecule has 0 amide bonds. The van der Waals surface area contributed by atoms with Gasteiger partial charge < -0.3 is 16.2 Å². The molecule has 1 aromatic heterocycles. The molecule has 0 saturated heterocycles. The molecule has 4 N–H and O–H groups in total. The van der Waals surface area contributed by atoms with Crippen molar-refractivity contribution in [2.75, 3.05) is 17.7 Å². The Kier molecular flexibility index (Phi) is 4.56. The van der Waals surface area contributed by atoms with Gasteiger partial charge in [0, 0.05) is 6.07 Å². The maximum atomic E-state index is 12.6. The first-order valence-electron chi connectivity index (χ1n) is 5.87. The molecular weight excluding hydrogens is 261 g/mol. The minimum atomic E-state index is -4.59. The highest BCUT2D eigenvalue weighted by Crippen LogP contribution is 2.30. The zero-order valence-corrected chi connectivity index (χ0v) is 10.8. The van der Waals surface area contributed by atoms with Crippen molar-refractivity contribution in [3.63, 3.8) is 0 Å². The van der Waals surface area contributed by atoms with Crippen molar-refractivity contribution in [3.8, 4) is 0 Å². The lowest BCUT2D eigenvalue weighted by Crippen LogP contribution is -2.41. The van der Waals surface area contributed by atoms with Crippen LogP contribution >= 0.6 is 0 Å². The maximum Gasteiger partial charge on any atom is 0.433 e. The summed E-state index contributed by atoms with van der Waals surface area (Å²) in [7, 11) is 0. The normalized spacial score (nSPS) is 12.5. The molecule has 1 aromatic rings. The summed E-state index contributed by atoms with van der Waals surface area (Å²) < 4.78 is 37.8. The lowest BCUT2D eigenvalue weighted by Gasteiger charge is -2.31. The van der Waals surface area contributed by atoms with Crippen LogP contribution < -0.4 is 11.1 Å². The Balaban J connectivity index is 3.11. The van der Waals surface area contributed by atoms with Crippen molar-refractivity contribution < 1.29 is 18.3 Å². The fourth-order valence-electron chi connectivity index (χ4n) is 1.64. The average Bonchev–Trinajstić information content (AvgIpc) is 2.34. The van der Waals surface area contributed by atoms with E-state index >= 15 is 0 Å². The van der Waals surface area contributed by atoms with E-state index in [9.17, 15) is 18.3 Å². The molecule has 0 bridgehead atoms. The molecular formula is C11H17F3N4O. The average molecular weight is 278 g/mol. The summed E-state index contributed by atoms with van der Waals surface area (Å²) in [6.07, 6.45) is -3.52. The van der Waals surface area contributed by atoms with Gasteiger partial charge in [0.1, 0.15) is 5.82 Å². The van der Waals surface area contributed by atoms with Crippen molar-refractivity contribution in [2.45, 2.75) is 38.4 Å². The molecule has 0 atom stereocenters. The SMILES string of the molecule is CCC(CC)(CO)Nc1cc(C(F)(F)F)nc(N)n1. The van der Waals surface area contributed by atoms with Crippen LogP contribution in [0, 0.1) is 0 Å². The van der Waals surface area contributed by atoms with Gasteiger partial charge in [-0.1, -0.05) is 13.8 Å². The maximum absolute atomic E-state index is 12.6. The fraction of sp³-hybridized carbons (Fsp3) is 0.636. The van der Waals surface area contributed by atoms with Gasteiger partial charge in [0.15, 0.2) is 5.69 Å². The molecule has 0 saturated carbocycles. The van der Waals surface area contributed by atoms with Crippen LogP contribution in [0.1, 0.15) is 32.4 Å². The lowest BCUT2D eigenvalue weighted by molar-refractivity contribution is -0.141. The number of aliphatic hydroxyl groups is 1. The molecule has 0 aliphatic rings. The monoisotopic (exact) mass is 278 g/mol. The number of nitrogens with zero attached hydrogens (tertiary/aromatic N) is 2. The van der Waals surface area contributed by atoms with E-state index in [0.717, 1.165) is 6.07 Å². The van der Waals surface area contributed by atoms with Gasteiger partial charge in [-0.3, -0.25) is 0 Å². The Morgan fingerprint density at radius 2 is 1.84 bits per heavy atom. The highest BCUT2D eigenvalue weighted by molar-refractivity contribution is 5.43. The molecule has 0 aromatic carbocycles. The van der Waals surface area contributed by atoms with Crippen LogP contribution in [0.25, 0.3) is 0 Å². The van der Waals surface area contributed by atoms with Crippen molar-refractivity contribution in [1.82, 2.24) is 9.97 Å². The van der Waals surface area contributed by atoms with Crippen LogP contribution in [-0.2, 0) is 6.18 Å². The molecule has 0 fully saturated rings. The van der Waals surface area contributed by atoms with Gasteiger partial charge in [0.05, 0.1) is 12.1 Å². The van der Waals surface area contributed by atoms with Crippen LogP contribution in [-0.4, -0.2) is 27.2 Å². The number of aliphatic hydroxyl groups excluding tert-OH is 1. The summed E-state index contributed by atoms with van der Waals surface area (Å²) in [4.78, 5) is 6.87. The summed E-state index contributed by atoms with van der Waals surface area (Å²) in [5.74, 6) is -0.506. The minimum absolute atomic E-state index is 0.0439. The van der Waals surface area contributed by atoms with Crippen LogP contribution in [0.3, 0.4) is 0 Å². The molecule has 0 radical (unpaired) electrons. The van der Waals surface area contributed by atoms with E-state index < -0.39 is 23.4 Å². The molecule has 1 rings (SSSR count). The Morgan fingerprint density at radius 1 is 1.26 bits per heavy atom. The van der Waals surface area contributed by atoms with E-state index in [1.54, 1.807) is 0 Å². The number of nitrogen functional groups attached to an aromatic ring is 1. The summed E-state index contributed by atoms with van der Waals surface area (Å²) in [5.41, 5.74) is 3.45. The number of halogens is 3. The van der Waals surface area contributed by atoms with Gasteiger partial charge in [0.2, 0.25) is 5.95 Å². The second-order valence-corrected chi connectivity index (χ2v) is 4.26. The number of hydrogen-bond donors (Lipinski definition) is 3. The standard InChI is InChI=1S/C11H17F3N4O/c1-3-10(4-2,6-19)18-8-5-7(11(12,13)14)16-9(15)17-8/h5,19H,3-4,6H2,1-2H3,(H3,15,16,17,18). The lowest BCUT2D eigenvalue weighted by atomic mass is 9.94. The number of hydrogen-bond acceptors (Lipinski definition) is 5. The highest BCUT2D eigenvalue weighted by atomic mass is 19.4. The van der Waals surface area contributed by atoms with Gasteiger partial charge in [-0.25, -0.2) is 4.98 Å². The van der Waals surface area contributed by atoms with Crippen LogP contribution in [0.5, 0.6) is 0 Å². The second kappa shape index (κ2) is 5.60. The van der Waals surface area contributed by atoms with E-state index in [0.29, 0.717) is 12.8 Å². The smallest absolute Gasteiger partial charge is 0.394 e. The van der Waals surface area contributed by atoms with Gasteiger partial charge in [-0.2, -0.15) is 18.2 Å². The Morgan fingerprint density at radius 3 is 2.26 bits per heavy atom. The predicted octanol–water partition coefficient (Wildman–Crippen LogP) is 2.04. The van der Waals surface area contributed by atoms with E-state index in [1.165, 1.54) is 0 Å². The number of nitrogens with one attached hydrogen (secondary N) is 1. The zero-order valence-electron chi connectivity index (χ0n) is 10.8. The van der Waals surface area contributed by atoms with Gasteiger partial charge in [0.25, 0.3) is 0 Å². The third-order valence-corrected chi connectivity index (χ3v) is 3.08. The fourth-order valence-corrected chi connectivity index (χ4v) is 1.64. The summed E-state index contributed by atoms with van der Waals surface area (Å²) in [6.45, 7) is 3.43. The summed E-state index contributed by atoms with van der Waals surface area (Å²) >= 11 is 0. The molecule has 8 heteroatoms. The van der Waals surface area contributed by atoms with Crippen molar-refractivity contribution in [2.24, 2.45) is 0 Å². The van der Waals surface area contributed by atoms with Crippen LogP contribution in [0.4, 0.5) is 24.9 Å². The second-order valence-electron chi connectivity index (χ2n) is 4.26. The number of aromatic nitrogens is 2. The Bertz CT molecular complexity index is 424. The molecule has 108 valence electrons. The zero-order chi connectivity index (χ0) is 14.7. The molecule has 0 spiro atoms.